The lowest BCUT2D eigenvalue weighted by molar-refractivity contribution is -0.161. The van der Waals surface area contributed by atoms with Crippen LogP contribution in [0.4, 0.5) is 0 Å². The molecule has 20 heavy (non-hydrogen) atoms. The molecule has 0 spiro atoms. The Kier molecular flexibility index (Phi) is 5.85. The van der Waals surface area contributed by atoms with Gasteiger partial charge in [0.05, 0.1) is 12.2 Å². The topological polar surface area (TPSA) is 47.6 Å². The van der Waals surface area contributed by atoms with Crippen molar-refractivity contribution < 1.29 is 14.3 Å². The fourth-order valence-corrected chi connectivity index (χ4v) is 3.47. The number of rotatable bonds is 4. The van der Waals surface area contributed by atoms with E-state index in [1.54, 1.807) is 0 Å². The van der Waals surface area contributed by atoms with Crippen molar-refractivity contribution in [2.24, 2.45) is 11.8 Å². The van der Waals surface area contributed by atoms with E-state index in [0.29, 0.717) is 18.3 Å². The zero-order chi connectivity index (χ0) is 14.5. The summed E-state index contributed by atoms with van der Waals surface area (Å²) in [4.78, 5) is 12.1. The quantitative estimate of drug-likeness (QED) is 0.805. The molecule has 2 rings (SSSR count). The molecule has 2 aliphatic rings. The van der Waals surface area contributed by atoms with E-state index in [2.05, 4.69) is 12.2 Å². The lowest BCUT2D eigenvalue weighted by Gasteiger charge is -2.32. The molecule has 0 aromatic carbocycles. The van der Waals surface area contributed by atoms with Crippen LogP contribution in [0, 0.1) is 11.8 Å². The molecule has 0 aromatic heterocycles. The molecule has 0 aliphatic carbocycles. The highest BCUT2D eigenvalue weighted by atomic mass is 16.6. The van der Waals surface area contributed by atoms with Gasteiger partial charge in [-0.15, -0.1) is 0 Å². The summed E-state index contributed by atoms with van der Waals surface area (Å²) in [5.74, 6) is 0.989. The van der Waals surface area contributed by atoms with Crippen molar-refractivity contribution in [1.29, 1.82) is 0 Å². The van der Waals surface area contributed by atoms with E-state index in [-0.39, 0.29) is 24.3 Å². The van der Waals surface area contributed by atoms with Crippen molar-refractivity contribution >= 4 is 5.97 Å². The Labute approximate surface area is 122 Å². The smallest absolute Gasteiger partial charge is 0.306 e. The summed E-state index contributed by atoms with van der Waals surface area (Å²) < 4.78 is 11.3. The van der Waals surface area contributed by atoms with Crippen molar-refractivity contribution in [3.05, 3.63) is 0 Å². The van der Waals surface area contributed by atoms with Gasteiger partial charge in [-0.3, -0.25) is 4.79 Å². The van der Waals surface area contributed by atoms with Gasteiger partial charge in [0.25, 0.3) is 0 Å². The molecule has 2 fully saturated rings. The highest BCUT2D eigenvalue weighted by molar-refractivity contribution is 5.69. The zero-order valence-electron chi connectivity index (χ0n) is 13.1. The molecule has 4 heteroatoms. The molecule has 2 aliphatic heterocycles. The number of hydrogen-bond donors (Lipinski definition) is 1. The molecule has 4 nitrogen and oxygen atoms in total. The maximum atomic E-state index is 12.1. The maximum absolute atomic E-state index is 12.1. The molecule has 4 atom stereocenters. The summed E-state index contributed by atoms with van der Waals surface area (Å²) in [7, 11) is 0. The van der Waals surface area contributed by atoms with Crippen LogP contribution in [0.25, 0.3) is 0 Å². The van der Waals surface area contributed by atoms with Crippen LogP contribution in [0.2, 0.25) is 0 Å². The monoisotopic (exact) mass is 283 g/mol. The van der Waals surface area contributed by atoms with Crippen molar-refractivity contribution in [2.45, 2.75) is 71.2 Å². The number of hydrogen-bond acceptors (Lipinski definition) is 4. The molecule has 0 radical (unpaired) electrons. The number of esters is 1. The first kappa shape index (κ1) is 15.8. The van der Waals surface area contributed by atoms with Crippen LogP contribution in [-0.4, -0.2) is 37.4 Å². The van der Waals surface area contributed by atoms with Gasteiger partial charge in [0.1, 0.15) is 6.10 Å². The average Bonchev–Trinajstić information content (AvgIpc) is 2.38. The largest absolute Gasteiger partial charge is 0.462 e. The van der Waals surface area contributed by atoms with Crippen LogP contribution >= 0.6 is 0 Å². The molecular weight excluding hydrogens is 254 g/mol. The van der Waals surface area contributed by atoms with Crippen LogP contribution in [0.1, 0.15) is 52.9 Å². The van der Waals surface area contributed by atoms with Crippen molar-refractivity contribution in [3.63, 3.8) is 0 Å². The zero-order valence-corrected chi connectivity index (χ0v) is 13.1. The number of ether oxygens (including phenoxy) is 2. The third kappa shape index (κ3) is 4.74. The average molecular weight is 283 g/mol. The summed E-state index contributed by atoms with van der Waals surface area (Å²) in [6.07, 6.45) is 5.08. The fourth-order valence-electron chi connectivity index (χ4n) is 3.47. The van der Waals surface area contributed by atoms with Gasteiger partial charge in [0.15, 0.2) is 0 Å². The van der Waals surface area contributed by atoms with Crippen molar-refractivity contribution in [3.8, 4) is 0 Å². The van der Waals surface area contributed by atoms with Gasteiger partial charge < -0.3 is 14.8 Å². The molecule has 4 unspecified atom stereocenters. The predicted octanol–water partition coefficient (Wildman–Crippen LogP) is 2.51. The Morgan fingerprint density at radius 1 is 1.35 bits per heavy atom. The molecule has 2 saturated heterocycles. The SMILES string of the molecule is CC1CC(OC(=O)CC(C)C2CCCNC2)CC(C)O1. The Morgan fingerprint density at radius 3 is 2.65 bits per heavy atom. The second-order valence-corrected chi connectivity index (χ2v) is 6.63. The number of carbonyl (C=O) groups is 1. The normalized spacial score (nSPS) is 36.4. The first-order chi connectivity index (χ1) is 9.54. The minimum absolute atomic E-state index is 0.0330. The molecule has 0 amide bonds. The summed E-state index contributed by atoms with van der Waals surface area (Å²) in [5, 5.41) is 3.41. The standard InChI is InChI=1S/C16H29NO3/c1-11(14-5-4-6-17-10-14)7-16(18)20-15-8-12(2)19-13(3)9-15/h11-15,17H,4-10H2,1-3H3. The second kappa shape index (κ2) is 7.41. The van der Waals surface area contributed by atoms with Crippen LogP contribution < -0.4 is 5.32 Å². The molecular formula is C16H29NO3. The summed E-state index contributed by atoms with van der Waals surface area (Å²) in [6.45, 7) is 8.43. The second-order valence-electron chi connectivity index (χ2n) is 6.63. The number of piperidine rings is 1. The van der Waals surface area contributed by atoms with E-state index in [1.165, 1.54) is 12.8 Å². The Bertz CT molecular complexity index is 305. The minimum atomic E-state index is -0.0330. The lowest BCUT2D eigenvalue weighted by Crippen LogP contribution is -2.37. The highest BCUT2D eigenvalue weighted by Crippen LogP contribution is 2.25. The third-order valence-corrected chi connectivity index (χ3v) is 4.58. The van der Waals surface area contributed by atoms with Gasteiger partial charge in [-0.1, -0.05) is 6.92 Å². The van der Waals surface area contributed by atoms with E-state index in [0.717, 1.165) is 25.9 Å². The van der Waals surface area contributed by atoms with E-state index < -0.39 is 0 Å². The predicted molar refractivity (Wildman–Crippen MR) is 78.5 cm³/mol. The van der Waals surface area contributed by atoms with Crippen molar-refractivity contribution in [2.75, 3.05) is 13.1 Å². The molecule has 116 valence electrons. The van der Waals surface area contributed by atoms with Gasteiger partial charge in [-0.25, -0.2) is 0 Å². The first-order valence-electron chi connectivity index (χ1n) is 8.10. The first-order valence-corrected chi connectivity index (χ1v) is 8.10. The summed E-state index contributed by atoms with van der Waals surface area (Å²) in [6, 6.07) is 0. The Balaban J connectivity index is 1.73. The van der Waals surface area contributed by atoms with E-state index in [4.69, 9.17) is 9.47 Å². The van der Waals surface area contributed by atoms with Gasteiger partial charge in [0, 0.05) is 19.3 Å². The molecule has 0 aromatic rings. The van der Waals surface area contributed by atoms with Crippen LogP contribution in [0.5, 0.6) is 0 Å². The summed E-state index contributed by atoms with van der Waals surface area (Å²) in [5.41, 5.74) is 0. The molecule has 2 heterocycles. The molecule has 0 bridgehead atoms. The van der Waals surface area contributed by atoms with Crippen LogP contribution in [0.15, 0.2) is 0 Å². The van der Waals surface area contributed by atoms with Crippen molar-refractivity contribution in [1.82, 2.24) is 5.32 Å². The van der Waals surface area contributed by atoms with Gasteiger partial charge >= 0.3 is 5.97 Å². The molecule has 1 N–H and O–H groups in total. The maximum Gasteiger partial charge on any atom is 0.306 e. The molecule has 0 saturated carbocycles. The number of carbonyl (C=O) groups excluding carboxylic acids is 1. The summed E-state index contributed by atoms with van der Waals surface area (Å²) >= 11 is 0. The Hall–Kier alpha value is -0.610. The van der Waals surface area contributed by atoms with Gasteiger partial charge in [-0.2, -0.15) is 0 Å². The fraction of sp³-hybridized carbons (Fsp3) is 0.938. The van der Waals surface area contributed by atoms with Gasteiger partial charge in [-0.05, 0) is 51.6 Å². The van der Waals surface area contributed by atoms with Gasteiger partial charge in [0.2, 0.25) is 0 Å². The highest BCUT2D eigenvalue weighted by Gasteiger charge is 2.28. The van der Waals surface area contributed by atoms with E-state index in [1.807, 2.05) is 13.8 Å². The van der Waals surface area contributed by atoms with E-state index >= 15 is 0 Å². The minimum Gasteiger partial charge on any atom is -0.462 e. The third-order valence-electron chi connectivity index (χ3n) is 4.58. The lowest BCUT2D eigenvalue weighted by atomic mass is 9.85. The Morgan fingerprint density at radius 2 is 2.05 bits per heavy atom. The van der Waals surface area contributed by atoms with Crippen LogP contribution in [0.3, 0.4) is 0 Å². The van der Waals surface area contributed by atoms with E-state index in [9.17, 15) is 4.79 Å². The number of nitrogens with one attached hydrogen (secondary N) is 1. The van der Waals surface area contributed by atoms with Crippen LogP contribution in [-0.2, 0) is 14.3 Å².